The minimum absolute atomic E-state index is 0.132. The molecule has 0 amide bonds. The third-order valence-corrected chi connectivity index (χ3v) is 5.88. The van der Waals surface area contributed by atoms with Gasteiger partial charge in [-0.3, -0.25) is 0 Å². The first-order valence-electron chi connectivity index (χ1n) is 7.64. The van der Waals surface area contributed by atoms with Crippen LogP contribution in [0.1, 0.15) is 25.3 Å². The molecule has 0 radical (unpaired) electrons. The zero-order chi connectivity index (χ0) is 17.1. The largest absolute Gasteiger partial charge is 0.416 e. The Morgan fingerprint density at radius 3 is 2.35 bits per heavy atom. The number of piperazine rings is 1. The van der Waals surface area contributed by atoms with Gasteiger partial charge in [0.1, 0.15) is 0 Å². The summed E-state index contributed by atoms with van der Waals surface area (Å²) >= 11 is 0. The molecule has 8 heteroatoms. The number of unbranched alkanes of at least 4 members (excludes halogenated alkanes) is 1. The van der Waals surface area contributed by atoms with Gasteiger partial charge in [0.25, 0.3) is 0 Å². The van der Waals surface area contributed by atoms with Crippen LogP contribution in [0.15, 0.2) is 24.3 Å². The molecule has 0 unspecified atom stereocenters. The normalized spacial score (nSPS) is 17.5. The smallest absolute Gasteiger partial charge is 0.369 e. The second-order valence-electron chi connectivity index (χ2n) is 5.60. The van der Waals surface area contributed by atoms with E-state index in [1.54, 1.807) is 11.0 Å². The van der Waals surface area contributed by atoms with E-state index >= 15 is 0 Å². The van der Waals surface area contributed by atoms with Gasteiger partial charge in [-0.2, -0.15) is 17.5 Å². The van der Waals surface area contributed by atoms with Gasteiger partial charge in [0, 0.05) is 31.9 Å². The maximum atomic E-state index is 12.8. The van der Waals surface area contributed by atoms with Crippen LogP contribution in [0.5, 0.6) is 0 Å². The van der Waals surface area contributed by atoms with Crippen molar-refractivity contribution >= 4 is 15.7 Å². The van der Waals surface area contributed by atoms with Crippen LogP contribution in [0.4, 0.5) is 18.9 Å². The van der Waals surface area contributed by atoms with Gasteiger partial charge in [-0.15, -0.1) is 0 Å². The Morgan fingerprint density at radius 2 is 1.78 bits per heavy atom. The second kappa shape index (κ2) is 7.09. The number of hydrogen-bond donors (Lipinski definition) is 0. The summed E-state index contributed by atoms with van der Waals surface area (Å²) in [5, 5.41) is 0. The molecule has 0 bridgehead atoms. The van der Waals surface area contributed by atoms with Crippen LogP contribution in [0.3, 0.4) is 0 Å². The van der Waals surface area contributed by atoms with Crippen molar-refractivity contribution < 1.29 is 21.6 Å². The van der Waals surface area contributed by atoms with Gasteiger partial charge in [0.15, 0.2) is 0 Å². The minimum atomic E-state index is -4.37. The van der Waals surface area contributed by atoms with Gasteiger partial charge in [-0.1, -0.05) is 19.4 Å². The fourth-order valence-electron chi connectivity index (χ4n) is 2.56. The van der Waals surface area contributed by atoms with E-state index in [0.717, 1.165) is 18.6 Å². The maximum Gasteiger partial charge on any atom is 0.416 e. The standard InChI is InChI=1S/C15H21F3N2O2S/c1-2-3-11-23(21,22)20-9-7-19(8-10-20)14-6-4-5-13(12-14)15(16,17)18/h4-6,12H,2-3,7-11H2,1H3. The van der Waals surface area contributed by atoms with E-state index in [0.29, 0.717) is 38.3 Å². The number of nitrogens with zero attached hydrogens (tertiary/aromatic N) is 2. The monoisotopic (exact) mass is 350 g/mol. The van der Waals surface area contributed by atoms with Crippen molar-refractivity contribution in [1.82, 2.24) is 4.31 Å². The van der Waals surface area contributed by atoms with Crippen molar-refractivity contribution in [2.45, 2.75) is 25.9 Å². The average molecular weight is 350 g/mol. The summed E-state index contributed by atoms with van der Waals surface area (Å²) < 4.78 is 64.0. The predicted molar refractivity (Wildman–Crippen MR) is 83.9 cm³/mol. The van der Waals surface area contributed by atoms with Crippen LogP contribution >= 0.6 is 0 Å². The van der Waals surface area contributed by atoms with E-state index in [9.17, 15) is 21.6 Å². The molecule has 1 aliphatic rings. The Kier molecular flexibility index (Phi) is 5.57. The molecule has 1 aromatic rings. The van der Waals surface area contributed by atoms with Crippen molar-refractivity contribution in [3.63, 3.8) is 0 Å². The lowest BCUT2D eigenvalue weighted by molar-refractivity contribution is -0.137. The molecule has 0 spiro atoms. The molecule has 0 aromatic heterocycles. The highest BCUT2D eigenvalue weighted by Gasteiger charge is 2.31. The highest BCUT2D eigenvalue weighted by Crippen LogP contribution is 2.32. The minimum Gasteiger partial charge on any atom is -0.369 e. The molecule has 4 nitrogen and oxygen atoms in total. The topological polar surface area (TPSA) is 40.6 Å². The zero-order valence-corrected chi connectivity index (χ0v) is 13.8. The predicted octanol–water partition coefficient (Wildman–Crippen LogP) is 2.96. The fourth-order valence-corrected chi connectivity index (χ4v) is 4.19. The summed E-state index contributed by atoms with van der Waals surface area (Å²) in [5.41, 5.74) is -0.210. The number of sulfonamides is 1. The molecule has 1 saturated heterocycles. The molecule has 0 saturated carbocycles. The van der Waals surface area contributed by atoms with E-state index in [1.165, 1.54) is 10.4 Å². The summed E-state index contributed by atoms with van der Waals surface area (Å²) in [6.07, 6.45) is -2.94. The van der Waals surface area contributed by atoms with Crippen molar-refractivity contribution in [2.75, 3.05) is 36.8 Å². The Labute approximate surface area is 134 Å². The first-order chi connectivity index (χ1) is 10.7. The van der Waals surface area contributed by atoms with Crippen LogP contribution in [0, 0.1) is 0 Å². The number of anilines is 1. The van der Waals surface area contributed by atoms with Gasteiger partial charge in [0.05, 0.1) is 11.3 Å². The van der Waals surface area contributed by atoms with Gasteiger partial charge < -0.3 is 4.90 Å². The molecule has 1 fully saturated rings. The van der Waals surface area contributed by atoms with Crippen molar-refractivity contribution in [3.8, 4) is 0 Å². The summed E-state index contributed by atoms with van der Waals surface area (Å²) in [5.74, 6) is 0.132. The molecule has 0 atom stereocenters. The summed E-state index contributed by atoms with van der Waals surface area (Å²) in [7, 11) is -3.26. The van der Waals surface area contributed by atoms with Crippen LogP contribution < -0.4 is 4.90 Å². The first-order valence-corrected chi connectivity index (χ1v) is 9.25. The summed E-state index contributed by atoms with van der Waals surface area (Å²) in [6.45, 7) is 3.34. The van der Waals surface area contributed by atoms with E-state index < -0.39 is 21.8 Å². The fraction of sp³-hybridized carbons (Fsp3) is 0.600. The maximum absolute atomic E-state index is 12.8. The van der Waals surface area contributed by atoms with Gasteiger partial charge >= 0.3 is 6.18 Å². The van der Waals surface area contributed by atoms with Crippen molar-refractivity contribution in [2.24, 2.45) is 0 Å². The molecule has 0 aliphatic carbocycles. The van der Waals surface area contributed by atoms with E-state index in [4.69, 9.17) is 0 Å². The molecule has 23 heavy (non-hydrogen) atoms. The zero-order valence-electron chi connectivity index (χ0n) is 13.0. The van der Waals surface area contributed by atoms with Crippen molar-refractivity contribution in [3.05, 3.63) is 29.8 Å². The third kappa shape index (κ3) is 4.60. The van der Waals surface area contributed by atoms with Crippen molar-refractivity contribution in [1.29, 1.82) is 0 Å². The van der Waals surface area contributed by atoms with Crippen LogP contribution in [0.2, 0.25) is 0 Å². The lowest BCUT2D eigenvalue weighted by Gasteiger charge is -2.35. The molecular formula is C15H21F3N2O2S. The SMILES string of the molecule is CCCCS(=O)(=O)N1CCN(c2cccc(C(F)(F)F)c2)CC1. The third-order valence-electron chi connectivity index (χ3n) is 3.93. The second-order valence-corrected chi connectivity index (χ2v) is 7.69. The lowest BCUT2D eigenvalue weighted by atomic mass is 10.1. The number of hydrogen-bond acceptors (Lipinski definition) is 3. The van der Waals surface area contributed by atoms with Crippen LogP contribution in [-0.4, -0.2) is 44.7 Å². The van der Waals surface area contributed by atoms with E-state index in [-0.39, 0.29) is 5.75 Å². The number of benzene rings is 1. The molecule has 0 N–H and O–H groups in total. The number of alkyl halides is 3. The molecule has 2 rings (SSSR count). The van der Waals surface area contributed by atoms with Gasteiger partial charge in [0.2, 0.25) is 10.0 Å². The first kappa shape index (κ1) is 18.1. The number of rotatable bonds is 5. The Bertz CT molecular complexity index is 624. The molecular weight excluding hydrogens is 329 g/mol. The summed E-state index contributed by atoms with van der Waals surface area (Å²) in [6, 6.07) is 5.15. The molecule has 1 heterocycles. The summed E-state index contributed by atoms with van der Waals surface area (Å²) in [4.78, 5) is 1.79. The van der Waals surface area contributed by atoms with Crippen LogP contribution in [-0.2, 0) is 16.2 Å². The molecule has 130 valence electrons. The highest BCUT2D eigenvalue weighted by molar-refractivity contribution is 7.89. The Morgan fingerprint density at radius 1 is 1.13 bits per heavy atom. The Hall–Kier alpha value is -1.28. The number of halogens is 3. The van der Waals surface area contributed by atoms with E-state index in [1.807, 2.05) is 6.92 Å². The van der Waals surface area contributed by atoms with Crippen LogP contribution in [0.25, 0.3) is 0 Å². The Balaban J connectivity index is 2.02. The molecule has 1 aliphatic heterocycles. The molecule has 1 aromatic carbocycles. The average Bonchev–Trinajstić information content (AvgIpc) is 2.52. The lowest BCUT2D eigenvalue weighted by Crippen LogP contribution is -2.49. The quantitative estimate of drug-likeness (QED) is 0.820. The van der Waals surface area contributed by atoms with E-state index in [2.05, 4.69) is 0 Å². The van der Waals surface area contributed by atoms with Gasteiger partial charge in [-0.25, -0.2) is 8.42 Å². The van der Waals surface area contributed by atoms with Gasteiger partial charge in [-0.05, 0) is 24.6 Å². The highest BCUT2D eigenvalue weighted by atomic mass is 32.2.